The third-order valence-electron chi connectivity index (χ3n) is 4.15. The lowest BCUT2D eigenvalue weighted by Crippen LogP contribution is -2.31. The van der Waals surface area contributed by atoms with Gasteiger partial charge in [0.1, 0.15) is 11.6 Å². The Bertz CT molecular complexity index is 867. The third kappa shape index (κ3) is 4.88. The maximum Gasteiger partial charge on any atom is 0.278 e. The first-order valence-electron chi connectivity index (χ1n) is 8.86. The predicted octanol–water partition coefficient (Wildman–Crippen LogP) is 3.94. The number of hydrogen-bond acceptors (Lipinski definition) is 4. The average molecular weight is 364 g/mol. The van der Waals surface area contributed by atoms with E-state index in [1.807, 2.05) is 37.3 Å². The normalized spacial score (nSPS) is 10.4. The van der Waals surface area contributed by atoms with Crippen LogP contribution in [0.25, 0.3) is 0 Å². The molecule has 0 fully saturated rings. The zero-order valence-electron chi connectivity index (χ0n) is 15.1. The Balaban J connectivity index is 1.59. The van der Waals surface area contributed by atoms with Crippen molar-refractivity contribution in [2.45, 2.75) is 13.3 Å². The monoisotopic (exact) mass is 364 g/mol. The highest BCUT2D eigenvalue weighted by Gasteiger charge is 2.17. The molecule has 0 bridgehead atoms. The molecule has 1 amide bonds. The van der Waals surface area contributed by atoms with Crippen LogP contribution in [0.15, 0.2) is 66.7 Å². The third-order valence-corrected chi connectivity index (χ3v) is 4.15. The number of carbonyl (C=O) groups excluding carboxylic acids is 1. The fraction of sp³-hybridized carbons (Fsp3) is 0.190. The molecular formula is C21H21FN4O. The SMILES string of the molecule is CCN(C(=O)c1ccc(NCCc2ccc(F)cc2)nn1)c1ccccc1. The van der Waals surface area contributed by atoms with E-state index < -0.39 is 0 Å². The van der Waals surface area contributed by atoms with Gasteiger partial charge < -0.3 is 10.2 Å². The van der Waals surface area contributed by atoms with Gasteiger partial charge in [0.25, 0.3) is 5.91 Å². The molecule has 2 aromatic carbocycles. The molecule has 5 nitrogen and oxygen atoms in total. The van der Waals surface area contributed by atoms with Gasteiger partial charge in [-0.2, -0.15) is 0 Å². The molecule has 3 aromatic rings. The summed E-state index contributed by atoms with van der Waals surface area (Å²) in [5, 5.41) is 11.3. The lowest BCUT2D eigenvalue weighted by molar-refractivity contribution is 0.0982. The Labute approximate surface area is 157 Å². The highest BCUT2D eigenvalue weighted by atomic mass is 19.1. The summed E-state index contributed by atoms with van der Waals surface area (Å²) in [5.74, 6) is 0.167. The summed E-state index contributed by atoms with van der Waals surface area (Å²) in [6.45, 7) is 3.10. The number of anilines is 2. The van der Waals surface area contributed by atoms with Crippen molar-refractivity contribution in [1.29, 1.82) is 0 Å². The minimum Gasteiger partial charge on any atom is -0.368 e. The molecule has 1 aromatic heterocycles. The lowest BCUT2D eigenvalue weighted by Gasteiger charge is -2.20. The van der Waals surface area contributed by atoms with Crippen molar-refractivity contribution in [3.05, 3.63) is 83.8 Å². The maximum atomic E-state index is 12.9. The van der Waals surface area contributed by atoms with Crippen molar-refractivity contribution in [2.75, 3.05) is 23.3 Å². The van der Waals surface area contributed by atoms with Crippen LogP contribution in [0.3, 0.4) is 0 Å². The molecule has 27 heavy (non-hydrogen) atoms. The van der Waals surface area contributed by atoms with E-state index >= 15 is 0 Å². The number of amides is 1. The molecule has 0 spiro atoms. The fourth-order valence-electron chi connectivity index (χ4n) is 2.72. The Kier molecular flexibility index (Phi) is 6.10. The molecule has 0 aliphatic carbocycles. The number of benzene rings is 2. The second-order valence-electron chi connectivity index (χ2n) is 5.99. The van der Waals surface area contributed by atoms with Gasteiger partial charge in [0, 0.05) is 18.8 Å². The summed E-state index contributed by atoms with van der Waals surface area (Å²) < 4.78 is 12.9. The summed E-state index contributed by atoms with van der Waals surface area (Å²) in [5.41, 5.74) is 2.16. The second kappa shape index (κ2) is 8.89. The van der Waals surface area contributed by atoms with Gasteiger partial charge in [-0.1, -0.05) is 30.3 Å². The van der Waals surface area contributed by atoms with E-state index in [-0.39, 0.29) is 11.7 Å². The quantitative estimate of drug-likeness (QED) is 0.690. The van der Waals surface area contributed by atoms with Gasteiger partial charge in [-0.3, -0.25) is 4.79 Å². The summed E-state index contributed by atoms with van der Waals surface area (Å²) in [6, 6.07) is 19.3. The topological polar surface area (TPSA) is 58.1 Å². The summed E-state index contributed by atoms with van der Waals surface area (Å²) in [7, 11) is 0. The minimum atomic E-state index is -0.241. The Morgan fingerprint density at radius 2 is 1.74 bits per heavy atom. The van der Waals surface area contributed by atoms with Gasteiger partial charge in [0.2, 0.25) is 0 Å². The molecule has 138 valence electrons. The van der Waals surface area contributed by atoms with E-state index in [4.69, 9.17) is 0 Å². The molecule has 0 saturated heterocycles. The average Bonchev–Trinajstić information content (AvgIpc) is 2.71. The number of nitrogens with zero attached hydrogens (tertiary/aromatic N) is 3. The first-order chi connectivity index (χ1) is 13.2. The van der Waals surface area contributed by atoms with Crippen LogP contribution in [0.4, 0.5) is 15.9 Å². The number of nitrogens with one attached hydrogen (secondary N) is 1. The van der Waals surface area contributed by atoms with Gasteiger partial charge in [0.15, 0.2) is 5.69 Å². The molecule has 0 atom stereocenters. The van der Waals surface area contributed by atoms with E-state index in [0.29, 0.717) is 24.6 Å². The van der Waals surface area contributed by atoms with Gasteiger partial charge >= 0.3 is 0 Å². The number of para-hydroxylation sites is 1. The first-order valence-corrected chi connectivity index (χ1v) is 8.86. The first kappa shape index (κ1) is 18.5. The molecule has 1 heterocycles. The Hall–Kier alpha value is -3.28. The second-order valence-corrected chi connectivity index (χ2v) is 5.99. The Morgan fingerprint density at radius 3 is 2.37 bits per heavy atom. The molecular weight excluding hydrogens is 343 g/mol. The number of aromatic nitrogens is 2. The van der Waals surface area contributed by atoms with E-state index in [1.54, 1.807) is 29.2 Å². The van der Waals surface area contributed by atoms with E-state index in [2.05, 4.69) is 15.5 Å². The summed E-state index contributed by atoms with van der Waals surface area (Å²) >= 11 is 0. The van der Waals surface area contributed by atoms with E-state index in [9.17, 15) is 9.18 Å². The van der Waals surface area contributed by atoms with Crippen molar-refractivity contribution >= 4 is 17.4 Å². The van der Waals surface area contributed by atoms with Crippen LogP contribution in [0, 0.1) is 5.82 Å². The van der Waals surface area contributed by atoms with Gasteiger partial charge in [0.05, 0.1) is 0 Å². The number of rotatable bonds is 7. The number of hydrogen-bond donors (Lipinski definition) is 1. The molecule has 6 heteroatoms. The van der Waals surface area contributed by atoms with Crippen molar-refractivity contribution in [3.8, 4) is 0 Å². The minimum absolute atomic E-state index is 0.186. The fourth-order valence-corrected chi connectivity index (χ4v) is 2.72. The van der Waals surface area contributed by atoms with Crippen LogP contribution in [0.2, 0.25) is 0 Å². The van der Waals surface area contributed by atoms with E-state index in [0.717, 1.165) is 17.7 Å². The van der Waals surface area contributed by atoms with Crippen LogP contribution in [-0.4, -0.2) is 29.2 Å². The number of halogens is 1. The highest BCUT2D eigenvalue weighted by molar-refractivity contribution is 6.04. The molecule has 0 saturated carbocycles. The molecule has 0 aliphatic heterocycles. The van der Waals surface area contributed by atoms with Gasteiger partial charge in [-0.05, 0) is 55.3 Å². The highest BCUT2D eigenvalue weighted by Crippen LogP contribution is 2.16. The van der Waals surface area contributed by atoms with Crippen molar-refractivity contribution < 1.29 is 9.18 Å². The smallest absolute Gasteiger partial charge is 0.278 e. The van der Waals surface area contributed by atoms with Gasteiger partial charge in [-0.15, -0.1) is 10.2 Å². The van der Waals surface area contributed by atoms with Crippen LogP contribution in [0.5, 0.6) is 0 Å². The van der Waals surface area contributed by atoms with E-state index in [1.165, 1.54) is 12.1 Å². The summed E-state index contributed by atoms with van der Waals surface area (Å²) in [4.78, 5) is 14.3. The maximum absolute atomic E-state index is 12.9. The Morgan fingerprint density at radius 1 is 1.00 bits per heavy atom. The summed E-state index contributed by atoms with van der Waals surface area (Å²) in [6.07, 6.45) is 0.736. The molecule has 0 radical (unpaired) electrons. The number of carbonyl (C=O) groups is 1. The molecule has 0 aliphatic rings. The molecule has 3 rings (SSSR count). The standard InChI is InChI=1S/C21H21FN4O/c1-2-26(18-6-4-3-5-7-18)21(27)19-12-13-20(25-24-19)23-15-14-16-8-10-17(22)11-9-16/h3-13H,2,14-15H2,1H3,(H,23,25). The lowest BCUT2D eigenvalue weighted by atomic mass is 10.1. The van der Waals surface area contributed by atoms with Gasteiger partial charge in [-0.25, -0.2) is 4.39 Å². The zero-order valence-corrected chi connectivity index (χ0v) is 15.1. The zero-order chi connectivity index (χ0) is 19.1. The van der Waals surface area contributed by atoms with Crippen LogP contribution < -0.4 is 10.2 Å². The predicted molar refractivity (Wildman–Crippen MR) is 104 cm³/mol. The van der Waals surface area contributed by atoms with Crippen LogP contribution >= 0.6 is 0 Å². The van der Waals surface area contributed by atoms with Crippen LogP contribution in [-0.2, 0) is 6.42 Å². The molecule has 1 N–H and O–H groups in total. The van der Waals surface area contributed by atoms with Crippen molar-refractivity contribution in [2.24, 2.45) is 0 Å². The molecule has 0 unspecified atom stereocenters. The van der Waals surface area contributed by atoms with Crippen molar-refractivity contribution in [3.63, 3.8) is 0 Å². The largest absolute Gasteiger partial charge is 0.368 e. The van der Waals surface area contributed by atoms with Crippen LogP contribution in [0.1, 0.15) is 23.0 Å². The van der Waals surface area contributed by atoms with Crippen molar-refractivity contribution in [1.82, 2.24) is 10.2 Å².